The number of halogens is 2. The van der Waals surface area contributed by atoms with Crippen molar-refractivity contribution in [2.24, 2.45) is 0 Å². The van der Waals surface area contributed by atoms with Crippen LogP contribution in [0.25, 0.3) is 5.69 Å². The van der Waals surface area contributed by atoms with Crippen LogP contribution in [-0.4, -0.2) is 26.1 Å². The van der Waals surface area contributed by atoms with E-state index in [-0.39, 0.29) is 11.7 Å². The first-order valence-electron chi connectivity index (χ1n) is 9.33. The van der Waals surface area contributed by atoms with Gasteiger partial charge in [0.2, 0.25) is 5.16 Å². The molecule has 3 aromatic carbocycles. The Bertz CT molecular complexity index is 1210. The molecule has 1 heterocycles. The molecule has 31 heavy (non-hydrogen) atoms. The van der Waals surface area contributed by atoms with Crippen molar-refractivity contribution in [1.82, 2.24) is 20.2 Å². The van der Waals surface area contributed by atoms with Crippen molar-refractivity contribution in [3.63, 3.8) is 0 Å². The molecule has 1 N–H and O–H groups in total. The van der Waals surface area contributed by atoms with Crippen LogP contribution in [0, 0.1) is 12.7 Å². The topological polar surface area (TPSA) is 72.7 Å². The lowest BCUT2D eigenvalue weighted by molar-refractivity contribution is 0.102. The predicted octanol–water partition coefficient (Wildman–Crippen LogP) is 5.31. The summed E-state index contributed by atoms with van der Waals surface area (Å²) in [6.07, 6.45) is 0. The van der Waals surface area contributed by atoms with Crippen LogP contribution in [0.1, 0.15) is 21.5 Å². The summed E-state index contributed by atoms with van der Waals surface area (Å²) in [5.74, 6) is -0.00942. The minimum Gasteiger partial charge on any atom is -0.322 e. The first-order valence-corrected chi connectivity index (χ1v) is 10.7. The average Bonchev–Trinajstić information content (AvgIpc) is 3.25. The second-order valence-corrected chi connectivity index (χ2v) is 8.13. The number of aromatic nitrogens is 4. The Morgan fingerprint density at radius 2 is 1.84 bits per heavy atom. The zero-order chi connectivity index (χ0) is 21.8. The van der Waals surface area contributed by atoms with E-state index in [0.717, 1.165) is 11.3 Å². The van der Waals surface area contributed by atoms with E-state index in [9.17, 15) is 9.18 Å². The Labute approximate surface area is 187 Å². The third-order valence-electron chi connectivity index (χ3n) is 4.53. The molecule has 4 rings (SSSR count). The van der Waals surface area contributed by atoms with Crippen LogP contribution < -0.4 is 5.32 Å². The fraction of sp³-hybridized carbons (Fsp3) is 0.0909. The summed E-state index contributed by atoms with van der Waals surface area (Å²) >= 11 is 7.41. The molecule has 1 aromatic heterocycles. The molecular weight excluding hydrogens is 437 g/mol. The lowest BCUT2D eigenvalue weighted by atomic mass is 10.1. The van der Waals surface area contributed by atoms with Gasteiger partial charge in [-0.2, -0.15) is 4.68 Å². The molecule has 6 nitrogen and oxygen atoms in total. The predicted molar refractivity (Wildman–Crippen MR) is 119 cm³/mol. The van der Waals surface area contributed by atoms with Crippen LogP contribution in [0.4, 0.5) is 10.1 Å². The van der Waals surface area contributed by atoms with E-state index in [2.05, 4.69) is 20.8 Å². The molecule has 4 aromatic rings. The highest BCUT2D eigenvalue weighted by Gasteiger charge is 2.12. The number of carbonyl (C=O) groups is 1. The quantitative estimate of drug-likeness (QED) is 0.400. The Morgan fingerprint density at radius 3 is 2.55 bits per heavy atom. The van der Waals surface area contributed by atoms with E-state index in [1.165, 1.54) is 17.8 Å². The molecule has 0 aliphatic carbocycles. The molecule has 0 aliphatic heterocycles. The maximum Gasteiger partial charge on any atom is 0.255 e. The van der Waals surface area contributed by atoms with E-state index < -0.39 is 0 Å². The van der Waals surface area contributed by atoms with Gasteiger partial charge in [-0.25, -0.2) is 4.39 Å². The lowest BCUT2D eigenvalue weighted by Gasteiger charge is -2.08. The number of nitrogens with zero attached hydrogens (tertiary/aromatic N) is 4. The van der Waals surface area contributed by atoms with Crippen molar-refractivity contribution < 1.29 is 9.18 Å². The number of anilines is 1. The van der Waals surface area contributed by atoms with E-state index in [1.54, 1.807) is 48.0 Å². The van der Waals surface area contributed by atoms with Crippen molar-refractivity contribution in [3.8, 4) is 5.69 Å². The van der Waals surface area contributed by atoms with Crippen LogP contribution in [0.3, 0.4) is 0 Å². The molecule has 0 aliphatic rings. The number of thioether (sulfide) groups is 1. The van der Waals surface area contributed by atoms with Crippen LogP contribution >= 0.6 is 23.4 Å². The van der Waals surface area contributed by atoms with Crippen molar-refractivity contribution in [2.45, 2.75) is 17.8 Å². The Morgan fingerprint density at radius 1 is 1.10 bits per heavy atom. The monoisotopic (exact) mass is 453 g/mol. The van der Waals surface area contributed by atoms with Crippen LogP contribution in [-0.2, 0) is 5.75 Å². The summed E-state index contributed by atoms with van der Waals surface area (Å²) in [7, 11) is 0. The van der Waals surface area contributed by atoms with Gasteiger partial charge in [-0.15, -0.1) is 5.10 Å². The highest BCUT2D eigenvalue weighted by atomic mass is 35.5. The van der Waals surface area contributed by atoms with E-state index in [0.29, 0.717) is 32.7 Å². The molecule has 0 bridgehead atoms. The summed E-state index contributed by atoms with van der Waals surface area (Å²) in [6.45, 7) is 1.67. The number of benzene rings is 3. The van der Waals surface area contributed by atoms with E-state index in [4.69, 9.17) is 11.6 Å². The highest BCUT2D eigenvalue weighted by Crippen LogP contribution is 2.23. The Kier molecular flexibility index (Phi) is 6.29. The summed E-state index contributed by atoms with van der Waals surface area (Å²) in [4.78, 5) is 12.5. The maximum absolute atomic E-state index is 13.7. The summed E-state index contributed by atoms with van der Waals surface area (Å²) in [5.41, 5.74) is 3.19. The average molecular weight is 454 g/mol. The Balaban J connectivity index is 1.44. The van der Waals surface area contributed by atoms with Gasteiger partial charge in [0.15, 0.2) is 0 Å². The maximum atomic E-state index is 13.7. The van der Waals surface area contributed by atoms with Crippen molar-refractivity contribution >= 4 is 35.0 Å². The van der Waals surface area contributed by atoms with Gasteiger partial charge in [-0.1, -0.05) is 41.6 Å². The molecule has 0 saturated carbocycles. The first kappa shape index (κ1) is 21.0. The van der Waals surface area contributed by atoms with E-state index >= 15 is 0 Å². The smallest absolute Gasteiger partial charge is 0.255 e. The highest BCUT2D eigenvalue weighted by molar-refractivity contribution is 7.98. The number of tetrazole rings is 1. The minimum atomic E-state index is -0.365. The third-order valence-corrected chi connectivity index (χ3v) is 5.77. The number of nitrogens with one attached hydrogen (secondary N) is 1. The van der Waals surface area contributed by atoms with Gasteiger partial charge in [0.05, 0.1) is 5.69 Å². The standard InChI is InChI=1S/C22H17ClFN5OS/c1-14-2-9-18(12-20(14)24)25-21(30)16-5-10-19(11-6-16)29-22(26-27-28-29)31-13-15-3-7-17(23)8-4-15/h2-12H,13H2,1H3,(H,25,30). The van der Waals surface area contributed by atoms with Gasteiger partial charge in [-0.05, 0) is 77.0 Å². The molecule has 0 saturated heterocycles. The SMILES string of the molecule is Cc1ccc(NC(=O)c2ccc(-n3nnnc3SCc3ccc(Cl)cc3)cc2)cc1F. The second kappa shape index (κ2) is 9.28. The normalized spacial score (nSPS) is 10.8. The minimum absolute atomic E-state index is 0.330. The summed E-state index contributed by atoms with van der Waals surface area (Å²) in [5, 5.41) is 15.9. The number of hydrogen-bond acceptors (Lipinski definition) is 5. The molecule has 0 atom stereocenters. The van der Waals surface area contributed by atoms with E-state index in [1.807, 2.05) is 24.3 Å². The van der Waals surface area contributed by atoms with Crippen LogP contribution in [0.15, 0.2) is 71.9 Å². The molecule has 1 amide bonds. The third kappa shape index (κ3) is 5.10. The second-order valence-electron chi connectivity index (χ2n) is 6.75. The lowest BCUT2D eigenvalue weighted by Crippen LogP contribution is -2.12. The zero-order valence-corrected chi connectivity index (χ0v) is 18.0. The Hall–Kier alpha value is -3.23. The van der Waals surface area contributed by atoms with Crippen molar-refractivity contribution in [1.29, 1.82) is 0 Å². The van der Waals surface area contributed by atoms with Gasteiger partial charge in [0, 0.05) is 22.0 Å². The number of carbonyl (C=O) groups excluding carboxylic acids is 1. The fourth-order valence-corrected chi connectivity index (χ4v) is 3.76. The molecule has 0 fully saturated rings. The molecule has 0 unspecified atom stereocenters. The van der Waals surface area contributed by atoms with Gasteiger partial charge < -0.3 is 5.32 Å². The van der Waals surface area contributed by atoms with Gasteiger partial charge in [0.25, 0.3) is 5.91 Å². The number of rotatable bonds is 6. The molecule has 0 spiro atoms. The first-order chi connectivity index (χ1) is 15.0. The summed E-state index contributed by atoms with van der Waals surface area (Å²) in [6, 6.07) is 19.0. The number of aryl methyl sites for hydroxylation is 1. The van der Waals surface area contributed by atoms with Gasteiger partial charge >= 0.3 is 0 Å². The fourth-order valence-electron chi connectivity index (χ4n) is 2.79. The zero-order valence-electron chi connectivity index (χ0n) is 16.4. The van der Waals surface area contributed by atoms with Crippen LogP contribution in [0.5, 0.6) is 0 Å². The largest absolute Gasteiger partial charge is 0.322 e. The van der Waals surface area contributed by atoms with Crippen molar-refractivity contribution in [3.05, 3.63) is 94.3 Å². The number of amides is 1. The number of hydrogen-bond donors (Lipinski definition) is 1. The molecule has 156 valence electrons. The van der Waals surface area contributed by atoms with Crippen LogP contribution in [0.2, 0.25) is 5.02 Å². The molecule has 9 heteroatoms. The molecule has 0 radical (unpaired) electrons. The van der Waals surface area contributed by atoms with Crippen molar-refractivity contribution in [2.75, 3.05) is 5.32 Å². The summed E-state index contributed by atoms with van der Waals surface area (Å²) < 4.78 is 15.3. The van der Waals surface area contributed by atoms with Gasteiger partial charge in [0.1, 0.15) is 5.82 Å². The molecular formula is C22H17ClFN5OS. The van der Waals surface area contributed by atoms with Gasteiger partial charge in [-0.3, -0.25) is 4.79 Å².